The summed E-state index contributed by atoms with van der Waals surface area (Å²) in [6.45, 7) is 4.35. The molecule has 0 aliphatic heterocycles. The molecule has 0 radical (unpaired) electrons. The Kier molecular flexibility index (Phi) is 6.56. The van der Waals surface area contributed by atoms with Gasteiger partial charge < -0.3 is 10.2 Å². The van der Waals surface area contributed by atoms with Crippen molar-refractivity contribution >= 4 is 49.3 Å². The van der Waals surface area contributed by atoms with Crippen LogP contribution in [-0.4, -0.2) is 48.4 Å². The van der Waals surface area contributed by atoms with Gasteiger partial charge in [-0.25, -0.2) is 15.0 Å². The van der Waals surface area contributed by atoms with Crippen molar-refractivity contribution in [2.75, 3.05) is 38.8 Å². The molecule has 4 rings (SSSR count). The minimum atomic E-state index is 0.847. The predicted molar refractivity (Wildman–Crippen MR) is 126 cm³/mol. The van der Waals surface area contributed by atoms with Crippen molar-refractivity contribution in [2.45, 2.75) is 57.0 Å². The summed E-state index contributed by atoms with van der Waals surface area (Å²) in [5.74, 6) is 0.984. The molecule has 2 N–H and O–H groups in total. The maximum atomic E-state index is 5.15. The van der Waals surface area contributed by atoms with E-state index in [1.54, 1.807) is 23.1 Å². The lowest BCUT2D eigenvalue weighted by Crippen LogP contribution is -3.05. The molecule has 29 heavy (non-hydrogen) atoms. The summed E-state index contributed by atoms with van der Waals surface area (Å²) in [4.78, 5) is 17.5. The van der Waals surface area contributed by atoms with E-state index < -0.39 is 0 Å². The van der Waals surface area contributed by atoms with Crippen molar-refractivity contribution in [3.8, 4) is 0 Å². The van der Waals surface area contributed by atoms with E-state index in [0.29, 0.717) is 0 Å². The van der Waals surface area contributed by atoms with Crippen molar-refractivity contribution in [2.24, 2.45) is 0 Å². The summed E-state index contributed by atoms with van der Waals surface area (Å²) < 4.78 is 1.17. The fourth-order valence-corrected chi connectivity index (χ4v) is 5.73. The Bertz CT molecular complexity index is 1010. The van der Waals surface area contributed by atoms with Gasteiger partial charge in [-0.3, -0.25) is 0 Å². The number of hydrogen-bond donors (Lipinski definition) is 2. The average molecular weight is 431 g/mol. The number of rotatable bonds is 9. The van der Waals surface area contributed by atoms with Crippen LogP contribution in [0.1, 0.15) is 49.4 Å². The van der Waals surface area contributed by atoms with Gasteiger partial charge in [0.1, 0.15) is 10.6 Å². The van der Waals surface area contributed by atoms with E-state index in [1.807, 2.05) is 0 Å². The van der Waals surface area contributed by atoms with Gasteiger partial charge in [-0.1, -0.05) is 25.1 Å². The Balaban J connectivity index is 1.80. The number of unbranched alkanes of at least 4 members (excludes halogenated alkanes) is 1. The molecule has 0 amide bonds. The average Bonchev–Trinajstić information content (AvgIpc) is 3.33. The molecule has 0 fully saturated rings. The zero-order chi connectivity index (χ0) is 20.4. The number of nitrogens with one attached hydrogen (secondary N) is 2. The molecule has 0 spiro atoms. The molecule has 7 heteroatoms. The summed E-state index contributed by atoms with van der Waals surface area (Å²) in [5, 5.41) is 5.75. The maximum Gasteiger partial charge on any atom is 0.189 e. The Hall–Kier alpha value is -1.44. The van der Waals surface area contributed by atoms with Gasteiger partial charge in [0, 0.05) is 24.0 Å². The van der Waals surface area contributed by atoms with Crippen LogP contribution in [-0.2, 0) is 19.3 Å². The fraction of sp³-hybridized carbons (Fsp3) is 0.591. The second-order valence-corrected chi connectivity index (χ2v) is 10.0. The molecule has 0 saturated carbocycles. The second-order valence-electron chi connectivity index (χ2n) is 8.23. The number of nitrogens with zero attached hydrogens (tertiary/aromatic N) is 3. The van der Waals surface area contributed by atoms with Crippen molar-refractivity contribution in [3.63, 3.8) is 0 Å². The first-order valence-corrected chi connectivity index (χ1v) is 12.9. The number of pyridine rings is 1. The van der Waals surface area contributed by atoms with Gasteiger partial charge in [-0.05, 0) is 49.5 Å². The van der Waals surface area contributed by atoms with Crippen LogP contribution in [0.5, 0.6) is 0 Å². The van der Waals surface area contributed by atoms with Crippen LogP contribution < -0.4 is 10.2 Å². The number of fused-ring (bicyclic) bond motifs is 5. The highest BCUT2D eigenvalue weighted by Crippen LogP contribution is 2.42. The number of aryl methyl sites for hydroxylation is 2. The van der Waals surface area contributed by atoms with E-state index in [0.717, 1.165) is 53.7 Å². The van der Waals surface area contributed by atoms with E-state index in [2.05, 4.69) is 32.6 Å². The van der Waals surface area contributed by atoms with Crippen molar-refractivity contribution in [1.29, 1.82) is 0 Å². The highest BCUT2D eigenvalue weighted by Gasteiger charge is 2.24. The number of aromatic nitrogens is 3. The van der Waals surface area contributed by atoms with E-state index in [-0.39, 0.29) is 0 Å². The minimum absolute atomic E-state index is 0.847. The molecule has 0 bridgehead atoms. The predicted octanol–water partition coefficient (Wildman–Crippen LogP) is 3.74. The molecule has 3 heterocycles. The molecule has 3 aromatic rings. The smallest absolute Gasteiger partial charge is 0.189 e. The Labute approximate surface area is 181 Å². The molecular formula is C22H32N5S2+. The molecule has 0 saturated heterocycles. The lowest BCUT2D eigenvalue weighted by atomic mass is 10.0. The number of thiophene rings is 1. The van der Waals surface area contributed by atoms with Gasteiger partial charge in [0.05, 0.1) is 30.9 Å². The summed E-state index contributed by atoms with van der Waals surface area (Å²) in [5.41, 5.74) is 5.47. The molecule has 3 aromatic heterocycles. The van der Waals surface area contributed by atoms with Crippen LogP contribution in [0.25, 0.3) is 20.4 Å². The molecule has 1 aliphatic rings. The third-order valence-electron chi connectivity index (χ3n) is 5.69. The van der Waals surface area contributed by atoms with Gasteiger partial charge in [0.25, 0.3) is 0 Å². The highest BCUT2D eigenvalue weighted by atomic mass is 32.2. The van der Waals surface area contributed by atoms with Gasteiger partial charge >= 0.3 is 0 Å². The summed E-state index contributed by atoms with van der Waals surface area (Å²) in [7, 11) is 4.39. The molecule has 5 nitrogen and oxygen atoms in total. The first-order valence-electron chi connectivity index (χ1n) is 10.8. The standard InChI is InChI=1S/C22H31N5S2/c1-5-6-11-16-14-9-7-10-15(14)17-18-19(29-21(17)24-16)20(26-22(25-18)28-4)23-12-8-13-27(2)3/h5-13H2,1-4H3,(H,23,25,26)/p+1. The van der Waals surface area contributed by atoms with Gasteiger partial charge in [-0.2, -0.15) is 0 Å². The number of hydrogen-bond acceptors (Lipinski definition) is 6. The summed E-state index contributed by atoms with van der Waals surface area (Å²) in [6, 6.07) is 0. The lowest BCUT2D eigenvalue weighted by molar-refractivity contribution is -0.858. The zero-order valence-corrected chi connectivity index (χ0v) is 19.7. The van der Waals surface area contributed by atoms with Gasteiger partial charge in [-0.15, -0.1) is 11.3 Å². The first-order chi connectivity index (χ1) is 14.1. The Morgan fingerprint density at radius 1 is 1.10 bits per heavy atom. The SMILES string of the molecule is CCCCc1nc2sc3c(NCCC[NH+](C)C)nc(SC)nc3c2c2c1CCC2. The molecule has 0 unspecified atom stereocenters. The number of anilines is 1. The first kappa shape index (κ1) is 20.8. The second kappa shape index (κ2) is 9.14. The Morgan fingerprint density at radius 3 is 2.69 bits per heavy atom. The normalized spacial score (nSPS) is 13.7. The lowest BCUT2D eigenvalue weighted by Gasteiger charge is -2.10. The molecule has 0 aromatic carbocycles. The molecule has 156 valence electrons. The van der Waals surface area contributed by atoms with Crippen LogP contribution in [0.4, 0.5) is 5.82 Å². The largest absolute Gasteiger partial charge is 0.369 e. The zero-order valence-electron chi connectivity index (χ0n) is 18.0. The van der Waals surface area contributed by atoms with E-state index >= 15 is 0 Å². The number of thioether (sulfide) groups is 1. The molecule has 1 aliphatic carbocycles. The van der Waals surface area contributed by atoms with Crippen molar-refractivity contribution in [1.82, 2.24) is 15.0 Å². The molecule has 0 atom stereocenters. The van der Waals surface area contributed by atoms with E-state index in [9.17, 15) is 0 Å². The maximum absolute atomic E-state index is 5.15. The fourth-order valence-electron chi connectivity index (χ4n) is 4.23. The van der Waals surface area contributed by atoms with Crippen LogP contribution in [0.15, 0.2) is 5.16 Å². The van der Waals surface area contributed by atoms with Gasteiger partial charge in [0.2, 0.25) is 0 Å². The van der Waals surface area contributed by atoms with Gasteiger partial charge in [0.15, 0.2) is 5.16 Å². The van der Waals surface area contributed by atoms with Crippen LogP contribution in [0.3, 0.4) is 0 Å². The van der Waals surface area contributed by atoms with Crippen LogP contribution in [0, 0.1) is 0 Å². The number of quaternary nitrogens is 1. The third kappa shape index (κ3) is 4.23. The van der Waals surface area contributed by atoms with Crippen molar-refractivity contribution < 1.29 is 4.90 Å². The summed E-state index contributed by atoms with van der Waals surface area (Å²) >= 11 is 3.39. The topological polar surface area (TPSA) is 55.1 Å². The van der Waals surface area contributed by atoms with Crippen LogP contribution in [0.2, 0.25) is 0 Å². The van der Waals surface area contributed by atoms with E-state index in [4.69, 9.17) is 15.0 Å². The highest BCUT2D eigenvalue weighted by molar-refractivity contribution is 7.98. The van der Waals surface area contributed by atoms with E-state index in [1.165, 1.54) is 57.5 Å². The van der Waals surface area contributed by atoms with Crippen molar-refractivity contribution in [3.05, 3.63) is 16.8 Å². The Morgan fingerprint density at radius 2 is 1.93 bits per heavy atom. The third-order valence-corrected chi connectivity index (χ3v) is 7.32. The molecular weight excluding hydrogens is 398 g/mol. The quantitative estimate of drug-likeness (QED) is 0.308. The van der Waals surface area contributed by atoms with Crippen LogP contribution >= 0.6 is 23.1 Å². The minimum Gasteiger partial charge on any atom is -0.369 e. The summed E-state index contributed by atoms with van der Waals surface area (Å²) in [6.07, 6.45) is 10.3. The monoisotopic (exact) mass is 430 g/mol.